The summed E-state index contributed by atoms with van der Waals surface area (Å²) in [7, 11) is -3.01. The first kappa shape index (κ1) is 15.4. The molecule has 0 spiro atoms. The highest BCUT2D eigenvalue weighted by atomic mass is 32.2. The molecule has 0 saturated carbocycles. The Morgan fingerprint density at radius 2 is 2.05 bits per heavy atom. The van der Waals surface area contributed by atoms with E-state index in [4.69, 9.17) is 0 Å². The van der Waals surface area contributed by atoms with E-state index in [0.29, 0.717) is 6.42 Å². The van der Waals surface area contributed by atoms with Gasteiger partial charge in [-0.1, -0.05) is 0 Å². The van der Waals surface area contributed by atoms with Gasteiger partial charge >= 0.3 is 0 Å². The molecule has 1 amide bonds. The summed E-state index contributed by atoms with van der Waals surface area (Å²) < 4.78 is 23.0. The fraction of sp³-hybridized carbons (Fsp3) is 0.846. The van der Waals surface area contributed by atoms with Crippen molar-refractivity contribution in [2.24, 2.45) is 5.92 Å². The van der Waals surface area contributed by atoms with E-state index in [1.165, 1.54) is 0 Å². The molecule has 20 heavy (non-hydrogen) atoms. The van der Waals surface area contributed by atoms with Gasteiger partial charge in [0.05, 0.1) is 23.6 Å². The number of carbonyl (C=O) groups is 2. The first-order chi connectivity index (χ1) is 9.32. The molecule has 1 N–H and O–H groups in total. The Kier molecular flexibility index (Phi) is 4.49. The number of nitrogens with one attached hydrogen (secondary N) is 1. The zero-order chi connectivity index (χ0) is 14.8. The second-order valence-electron chi connectivity index (χ2n) is 6.20. The van der Waals surface area contributed by atoms with Crippen LogP contribution >= 0.6 is 0 Å². The third-order valence-electron chi connectivity index (χ3n) is 4.14. The van der Waals surface area contributed by atoms with E-state index in [-0.39, 0.29) is 29.9 Å². The Labute approximate surface area is 119 Å². The maximum Gasteiger partial charge on any atom is 0.234 e. The molecule has 1 atom stereocenters. The lowest BCUT2D eigenvalue weighted by atomic mass is 9.98. The average molecular weight is 302 g/mol. The lowest BCUT2D eigenvalue weighted by Crippen LogP contribution is -2.51. The number of nitrogens with zero attached hydrogens (tertiary/aromatic N) is 1. The fourth-order valence-electron chi connectivity index (χ4n) is 2.94. The standard InChI is InChI=1S/C13H22N2O4S/c1-13(4-7-20(18,19)10-13)14-12(17)8-15-5-2-11(9-16)3-6-15/h9,11H,2-8,10H2,1H3,(H,14,17). The minimum Gasteiger partial charge on any atom is -0.349 e. The SMILES string of the molecule is CC1(NC(=O)CN2CCC(C=O)CC2)CCS(=O)(=O)C1. The maximum absolute atomic E-state index is 12.0. The molecule has 0 bridgehead atoms. The van der Waals surface area contributed by atoms with Crippen LogP contribution in [0.5, 0.6) is 0 Å². The largest absolute Gasteiger partial charge is 0.349 e. The highest BCUT2D eigenvalue weighted by Crippen LogP contribution is 2.23. The first-order valence-corrected chi connectivity index (χ1v) is 8.83. The van der Waals surface area contributed by atoms with E-state index in [1.54, 1.807) is 6.92 Å². The van der Waals surface area contributed by atoms with E-state index in [2.05, 4.69) is 5.32 Å². The van der Waals surface area contributed by atoms with Crippen LogP contribution < -0.4 is 5.32 Å². The summed E-state index contributed by atoms with van der Waals surface area (Å²) in [5.74, 6) is 0.161. The summed E-state index contributed by atoms with van der Waals surface area (Å²) in [6.45, 7) is 3.55. The minimum absolute atomic E-state index is 0.0267. The van der Waals surface area contributed by atoms with Gasteiger partial charge in [0.25, 0.3) is 0 Å². The van der Waals surface area contributed by atoms with Gasteiger partial charge in [-0.25, -0.2) is 8.42 Å². The Morgan fingerprint density at radius 1 is 1.40 bits per heavy atom. The molecule has 2 saturated heterocycles. The Bertz CT molecular complexity index is 483. The topological polar surface area (TPSA) is 83.6 Å². The van der Waals surface area contributed by atoms with Crippen molar-refractivity contribution in [3.63, 3.8) is 0 Å². The third-order valence-corrected chi connectivity index (χ3v) is 6.04. The average Bonchev–Trinajstić information content (AvgIpc) is 2.64. The van der Waals surface area contributed by atoms with Crippen LogP contribution in [0.15, 0.2) is 0 Å². The van der Waals surface area contributed by atoms with Gasteiger partial charge in [0.15, 0.2) is 9.84 Å². The van der Waals surface area contributed by atoms with E-state index in [9.17, 15) is 18.0 Å². The van der Waals surface area contributed by atoms with Crippen molar-refractivity contribution in [3.05, 3.63) is 0 Å². The lowest BCUT2D eigenvalue weighted by molar-refractivity contribution is -0.124. The number of sulfone groups is 1. The molecular formula is C13H22N2O4S. The van der Waals surface area contributed by atoms with Crippen molar-refractivity contribution in [3.8, 4) is 0 Å². The van der Waals surface area contributed by atoms with Gasteiger partial charge in [-0.05, 0) is 39.3 Å². The van der Waals surface area contributed by atoms with Crippen LogP contribution in [0.2, 0.25) is 0 Å². The molecule has 0 radical (unpaired) electrons. The van der Waals surface area contributed by atoms with Crippen molar-refractivity contribution in [2.75, 3.05) is 31.1 Å². The number of aldehydes is 1. The van der Waals surface area contributed by atoms with Gasteiger partial charge in [0.1, 0.15) is 6.29 Å². The normalized spacial score (nSPS) is 31.1. The van der Waals surface area contributed by atoms with Gasteiger partial charge < -0.3 is 10.1 Å². The van der Waals surface area contributed by atoms with Gasteiger partial charge in [0.2, 0.25) is 5.91 Å². The van der Waals surface area contributed by atoms with Crippen LogP contribution in [0.4, 0.5) is 0 Å². The number of hydrogen-bond donors (Lipinski definition) is 1. The number of likely N-dealkylation sites (tertiary alicyclic amines) is 1. The molecular weight excluding hydrogens is 280 g/mol. The molecule has 1 unspecified atom stereocenters. The molecule has 0 aromatic heterocycles. The number of hydrogen-bond acceptors (Lipinski definition) is 5. The molecule has 0 aromatic rings. The summed E-state index contributed by atoms with van der Waals surface area (Å²) in [6.07, 6.45) is 3.06. The van der Waals surface area contributed by atoms with Crippen LogP contribution in [-0.2, 0) is 19.4 Å². The molecule has 2 fully saturated rings. The van der Waals surface area contributed by atoms with Gasteiger partial charge in [-0.15, -0.1) is 0 Å². The summed E-state index contributed by atoms with van der Waals surface area (Å²) in [5.41, 5.74) is -0.628. The number of piperidine rings is 1. The molecule has 2 aliphatic heterocycles. The molecule has 2 aliphatic rings. The highest BCUT2D eigenvalue weighted by Gasteiger charge is 2.39. The van der Waals surface area contributed by atoms with Crippen LogP contribution in [0.25, 0.3) is 0 Å². The highest BCUT2D eigenvalue weighted by molar-refractivity contribution is 7.91. The van der Waals surface area contributed by atoms with Crippen molar-refractivity contribution >= 4 is 22.0 Å². The fourth-order valence-corrected chi connectivity index (χ4v) is 5.03. The van der Waals surface area contributed by atoms with E-state index in [1.807, 2.05) is 4.90 Å². The van der Waals surface area contributed by atoms with Crippen molar-refractivity contribution in [1.82, 2.24) is 10.2 Å². The Hall–Kier alpha value is -0.950. The monoisotopic (exact) mass is 302 g/mol. The Balaban J connectivity index is 1.80. The molecule has 114 valence electrons. The summed E-state index contributed by atoms with van der Waals surface area (Å²) >= 11 is 0. The van der Waals surface area contributed by atoms with Crippen LogP contribution in [0, 0.1) is 5.92 Å². The molecule has 2 rings (SSSR count). The van der Waals surface area contributed by atoms with Crippen LogP contribution in [0.1, 0.15) is 26.2 Å². The molecule has 2 heterocycles. The maximum atomic E-state index is 12.0. The molecule has 7 heteroatoms. The van der Waals surface area contributed by atoms with Crippen LogP contribution in [-0.4, -0.2) is 62.2 Å². The minimum atomic E-state index is -3.01. The van der Waals surface area contributed by atoms with Gasteiger partial charge in [-0.2, -0.15) is 0 Å². The summed E-state index contributed by atoms with van der Waals surface area (Å²) in [6, 6.07) is 0. The van der Waals surface area contributed by atoms with E-state index in [0.717, 1.165) is 32.2 Å². The second kappa shape index (κ2) is 5.81. The summed E-state index contributed by atoms with van der Waals surface area (Å²) in [4.78, 5) is 24.7. The predicted octanol–water partition coefficient (Wildman–Crippen LogP) is -0.409. The number of rotatable bonds is 4. The second-order valence-corrected chi connectivity index (χ2v) is 8.38. The number of amides is 1. The van der Waals surface area contributed by atoms with Crippen molar-refractivity contribution in [2.45, 2.75) is 31.7 Å². The molecule has 0 aliphatic carbocycles. The lowest BCUT2D eigenvalue weighted by Gasteiger charge is -2.31. The zero-order valence-corrected chi connectivity index (χ0v) is 12.6. The molecule has 6 nitrogen and oxygen atoms in total. The quantitative estimate of drug-likeness (QED) is 0.714. The Morgan fingerprint density at radius 3 is 2.55 bits per heavy atom. The zero-order valence-electron chi connectivity index (χ0n) is 11.8. The van der Waals surface area contributed by atoms with Crippen molar-refractivity contribution < 1.29 is 18.0 Å². The van der Waals surface area contributed by atoms with Gasteiger partial charge in [-0.3, -0.25) is 9.69 Å². The predicted molar refractivity (Wildman–Crippen MR) is 75.0 cm³/mol. The first-order valence-electron chi connectivity index (χ1n) is 7.01. The third kappa shape index (κ3) is 4.02. The summed E-state index contributed by atoms with van der Waals surface area (Å²) in [5, 5.41) is 2.85. The number of carbonyl (C=O) groups excluding carboxylic acids is 2. The smallest absolute Gasteiger partial charge is 0.234 e. The van der Waals surface area contributed by atoms with Gasteiger partial charge in [0, 0.05) is 5.92 Å². The van der Waals surface area contributed by atoms with E-state index >= 15 is 0 Å². The van der Waals surface area contributed by atoms with Crippen molar-refractivity contribution in [1.29, 1.82) is 0 Å². The van der Waals surface area contributed by atoms with E-state index < -0.39 is 15.4 Å². The van der Waals surface area contributed by atoms with Crippen LogP contribution in [0.3, 0.4) is 0 Å². The molecule has 0 aromatic carbocycles.